The number of hydrazine groups is 1. The molecule has 4 aliphatic heterocycles. The first kappa shape index (κ1) is 23.4. The van der Waals surface area contributed by atoms with Gasteiger partial charge in [-0.05, 0) is 50.3 Å². The number of hydrogen-bond acceptors (Lipinski definition) is 7. The molecule has 0 radical (unpaired) electrons. The highest BCUT2D eigenvalue weighted by Gasteiger charge is 2.51. The van der Waals surface area contributed by atoms with Crippen LogP contribution in [0.25, 0.3) is 0 Å². The van der Waals surface area contributed by atoms with Gasteiger partial charge in [-0.15, -0.1) is 0 Å². The van der Waals surface area contributed by atoms with E-state index in [2.05, 4.69) is 32.1 Å². The fourth-order valence-electron chi connectivity index (χ4n) is 6.26. The van der Waals surface area contributed by atoms with Crippen LogP contribution in [-0.4, -0.2) is 59.4 Å². The summed E-state index contributed by atoms with van der Waals surface area (Å²) in [5.74, 6) is -1.38. The highest BCUT2D eigenvalue weighted by Crippen LogP contribution is 2.39. The Hall–Kier alpha value is -1.30. The number of fused-ring (bicyclic) bond motifs is 7. The van der Waals surface area contributed by atoms with Crippen LogP contribution in [0.4, 0.5) is 13.2 Å². The molecule has 4 bridgehead atoms. The molecule has 5 N–H and O–H groups in total. The molecule has 10 heteroatoms. The van der Waals surface area contributed by atoms with Crippen molar-refractivity contribution in [1.82, 2.24) is 26.1 Å². The van der Waals surface area contributed by atoms with Gasteiger partial charge in [0.05, 0.1) is 18.1 Å². The molecule has 7 nitrogen and oxygen atoms in total. The predicted octanol–water partition coefficient (Wildman–Crippen LogP) is 2.56. The minimum Gasteiger partial charge on any atom is -0.340 e. The Bertz CT molecular complexity index is 783. The van der Waals surface area contributed by atoms with Crippen molar-refractivity contribution in [1.29, 1.82) is 0 Å². The van der Waals surface area contributed by atoms with E-state index >= 15 is 0 Å². The van der Waals surface area contributed by atoms with E-state index in [1.807, 2.05) is 12.3 Å². The summed E-state index contributed by atoms with van der Waals surface area (Å²) in [6.45, 7) is 1.01. The van der Waals surface area contributed by atoms with Gasteiger partial charge in [0.25, 0.3) is 0 Å². The number of pyridine rings is 1. The van der Waals surface area contributed by atoms with Crippen LogP contribution in [0.1, 0.15) is 62.8 Å². The Labute approximate surface area is 193 Å². The van der Waals surface area contributed by atoms with Crippen molar-refractivity contribution in [2.75, 3.05) is 6.54 Å². The zero-order valence-electron chi connectivity index (χ0n) is 18.8. The van der Waals surface area contributed by atoms with Crippen LogP contribution in [0.5, 0.6) is 0 Å². The minimum absolute atomic E-state index is 0.0392. The fraction of sp³-hybridized carbons (Fsp3) is 0.783. The molecule has 5 heterocycles. The van der Waals surface area contributed by atoms with Crippen molar-refractivity contribution in [2.24, 2.45) is 11.7 Å². The van der Waals surface area contributed by atoms with Gasteiger partial charge >= 0.3 is 6.18 Å². The van der Waals surface area contributed by atoms with E-state index in [9.17, 15) is 13.2 Å². The van der Waals surface area contributed by atoms with Crippen LogP contribution in [0, 0.1) is 5.92 Å². The largest absolute Gasteiger partial charge is 0.395 e. The number of piperidine rings is 1. The standard InChI is InChI=1S/C23H35F3N6O/c24-23(25,26)17-9-3-1-2-7-15-8-5-11-32(15)20-16(14-6-4-10-28-13-14)12-18(27)19(29-20)22-31-30-21(17)33-22/h4,6,10,13,15-22,29-31H,1-3,5,7-9,11-12,27H2/t15-,16?,17?,18?,19?,20?,21?,22?/m1/s1. The number of rotatable bonds is 1. The Morgan fingerprint density at radius 2 is 1.85 bits per heavy atom. The van der Waals surface area contributed by atoms with E-state index in [1.165, 1.54) is 0 Å². The summed E-state index contributed by atoms with van der Waals surface area (Å²) in [6, 6.07) is 3.89. The summed E-state index contributed by atoms with van der Waals surface area (Å²) in [6.07, 6.45) is 4.02. The molecule has 0 aromatic carbocycles. The second kappa shape index (κ2) is 9.75. The molecule has 0 saturated carbocycles. The summed E-state index contributed by atoms with van der Waals surface area (Å²) >= 11 is 0. The number of alkyl halides is 3. The Kier molecular flexibility index (Phi) is 6.93. The molecule has 0 spiro atoms. The molecule has 33 heavy (non-hydrogen) atoms. The van der Waals surface area contributed by atoms with Gasteiger partial charge in [0.2, 0.25) is 0 Å². The maximum Gasteiger partial charge on any atom is 0.395 e. The van der Waals surface area contributed by atoms with Crippen LogP contribution in [0.2, 0.25) is 0 Å². The molecular weight excluding hydrogens is 433 g/mol. The van der Waals surface area contributed by atoms with Gasteiger partial charge in [0.1, 0.15) is 12.5 Å². The van der Waals surface area contributed by atoms with Crippen LogP contribution < -0.4 is 21.9 Å². The van der Waals surface area contributed by atoms with E-state index in [0.717, 1.165) is 44.2 Å². The number of aromatic nitrogens is 1. The average Bonchev–Trinajstić information content (AvgIpc) is 3.45. The molecule has 184 valence electrons. The zero-order chi connectivity index (χ0) is 23.0. The minimum atomic E-state index is -4.32. The highest BCUT2D eigenvalue weighted by atomic mass is 19.4. The Balaban J connectivity index is 1.44. The predicted molar refractivity (Wildman–Crippen MR) is 118 cm³/mol. The third-order valence-corrected chi connectivity index (χ3v) is 7.95. The van der Waals surface area contributed by atoms with Crippen molar-refractivity contribution in [2.45, 2.75) is 100 Å². The molecule has 7 unspecified atom stereocenters. The van der Waals surface area contributed by atoms with Gasteiger partial charge < -0.3 is 10.5 Å². The van der Waals surface area contributed by atoms with E-state index in [4.69, 9.17) is 10.5 Å². The second-order valence-corrected chi connectivity index (χ2v) is 10.0. The lowest BCUT2D eigenvalue weighted by atomic mass is 9.82. The lowest BCUT2D eigenvalue weighted by molar-refractivity contribution is -0.211. The first-order chi connectivity index (χ1) is 15.9. The van der Waals surface area contributed by atoms with Crippen LogP contribution in [0.3, 0.4) is 0 Å². The number of nitrogens with one attached hydrogen (secondary N) is 3. The van der Waals surface area contributed by atoms with E-state index in [-0.39, 0.29) is 30.6 Å². The SMILES string of the molecule is NC1CC(c2cccnc2)C2NC1C1NNC(O1)C(C(F)(F)F)CCCCC[C@@H]1CCCN21. The van der Waals surface area contributed by atoms with Crippen LogP contribution >= 0.6 is 0 Å². The molecule has 0 amide bonds. The number of nitrogens with zero attached hydrogens (tertiary/aromatic N) is 2. The van der Waals surface area contributed by atoms with E-state index in [0.29, 0.717) is 18.9 Å². The third kappa shape index (κ3) is 4.92. The quantitative estimate of drug-likeness (QED) is 0.504. The van der Waals surface area contributed by atoms with Crippen LogP contribution in [0.15, 0.2) is 24.5 Å². The summed E-state index contributed by atoms with van der Waals surface area (Å²) in [5, 5.41) is 3.72. The van der Waals surface area contributed by atoms with Crippen molar-refractivity contribution >= 4 is 0 Å². The van der Waals surface area contributed by atoms with Gasteiger partial charge in [-0.1, -0.05) is 25.3 Å². The topological polar surface area (TPSA) is 87.5 Å². The van der Waals surface area contributed by atoms with E-state index in [1.54, 1.807) is 6.20 Å². The molecule has 8 atom stereocenters. The Morgan fingerprint density at radius 1 is 1.06 bits per heavy atom. The Morgan fingerprint density at radius 3 is 2.64 bits per heavy atom. The smallest absolute Gasteiger partial charge is 0.340 e. The number of hydrogen-bond donors (Lipinski definition) is 4. The van der Waals surface area contributed by atoms with E-state index < -0.39 is 24.6 Å². The van der Waals surface area contributed by atoms with Crippen molar-refractivity contribution < 1.29 is 17.9 Å². The number of halogens is 3. The van der Waals surface area contributed by atoms with Gasteiger partial charge in [-0.3, -0.25) is 15.2 Å². The maximum atomic E-state index is 13.8. The molecule has 0 aliphatic carbocycles. The zero-order valence-corrected chi connectivity index (χ0v) is 18.8. The number of nitrogens with two attached hydrogens (primary N) is 1. The van der Waals surface area contributed by atoms with Gasteiger partial charge in [0, 0.05) is 30.4 Å². The second-order valence-electron chi connectivity index (χ2n) is 10.0. The van der Waals surface area contributed by atoms with Crippen LogP contribution in [-0.2, 0) is 4.74 Å². The molecule has 1 aromatic heterocycles. The third-order valence-electron chi connectivity index (χ3n) is 7.95. The summed E-state index contributed by atoms with van der Waals surface area (Å²) < 4.78 is 47.4. The molecular formula is C23H35F3N6O. The van der Waals surface area contributed by atoms with Gasteiger partial charge in [-0.2, -0.15) is 13.2 Å². The molecule has 4 aliphatic rings. The highest BCUT2D eigenvalue weighted by molar-refractivity contribution is 5.20. The maximum absolute atomic E-state index is 13.8. The lowest BCUT2D eigenvalue weighted by Gasteiger charge is -2.48. The monoisotopic (exact) mass is 468 g/mol. The van der Waals surface area contributed by atoms with Gasteiger partial charge in [0.15, 0.2) is 0 Å². The normalized spacial score (nSPS) is 40.8. The number of ether oxygens (including phenoxy) is 1. The fourth-order valence-corrected chi connectivity index (χ4v) is 6.26. The lowest BCUT2D eigenvalue weighted by Crippen LogP contribution is -2.68. The summed E-state index contributed by atoms with van der Waals surface area (Å²) in [7, 11) is 0. The first-order valence-corrected chi connectivity index (χ1v) is 12.3. The first-order valence-electron chi connectivity index (χ1n) is 12.3. The van der Waals surface area contributed by atoms with Crippen molar-refractivity contribution in [3.8, 4) is 0 Å². The molecule has 5 rings (SSSR count). The molecule has 4 fully saturated rings. The summed E-state index contributed by atoms with van der Waals surface area (Å²) in [4.78, 5) is 6.90. The molecule has 1 aromatic rings. The van der Waals surface area contributed by atoms with Crippen molar-refractivity contribution in [3.05, 3.63) is 30.1 Å². The van der Waals surface area contributed by atoms with Gasteiger partial charge in [-0.25, -0.2) is 10.9 Å². The van der Waals surface area contributed by atoms with Crippen molar-refractivity contribution in [3.63, 3.8) is 0 Å². The summed E-state index contributed by atoms with van der Waals surface area (Å²) in [5.41, 5.74) is 13.5. The molecule has 4 saturated heterocycles. The average molecular weight is 469 g/mol.